The van der Waals surface area contributed by atoms with Crippen LogP contribution in [0.25, 0.3) is 0 Å². The molecule has 0 aromatic heterocycles. The van der Waals surface area contributed by atoms with Crippen molar-refractivity contribution >= 4 is 17.6 Å². The number of nitro groups is 1. The van der Waals surface area contributed by atoms with Crippen LogP contribution in [0.15, 0.2) is 18.2 Å². The highest BCUT2D eigenvalue weighted by atomic mass is 16.6. The van der Waals surface area contributed by atoms with Gasteiger partial charge in [-0.25, -0.2) is 0 Å². The van der Waals surface area contributed by atoms with Crippen LogP contribution in [0.5, 0.6) is 0 Å². The molecule has 0 aliphatic rings. The summed E-state index contributed by atoms with van der Waals surface area (Å²) in [6, 6.07) is 4.04. The SMILES string of the molecule is C#CCN(CC(=O)O)C(=O)c1cccc([N+](=O)[O-])c1C. The number of amides is 1. The van der Waals surface area contributed by atoms with Crippen LogP contribution in [0.2, 0.25) is 0 Å². The molecule has 0 aliphatic heterocycles. The monoisotopic (exact) mass is 276 g/mol. The molecule has 0 bridgehead atoms. The molecule has 0 radical (unpaired) electrons. The lowest BCUT2D eigenvalue weighted by molar-refractivity contribution is -0.385. The van der Waals surface area contributed by atoms with Crippen molar-refractivity contribution in [1.29, 1.82) is 0 Å². The number of hydrogen-bond acceptors (Lipinski definition) is 4. The molecule has 20 heavy (non-hydrogen) atoms. The van der Waals surface area contributed by atoms with Crippen LogP contribution in [-0.2, 0) is 4.79 Å². The molecule has 7 heteroatoms. The van der Waals surface area contributed by atoms with Gasteiger partial charge in [-0.05, 0) is 13.0 Å². The predicted molar refractivity (Wildman–Crippen MR) is 70.2 cm³/mol. The number of aliphatic carboxylic acids is 1. The van der Waals surface area contributed by atoms with Gasteiger partial charge in [0.25, 0.3) is 11.6 Å². The van der Waals surface area contributed by atoms with E-state index < -0.39 is 23.3 Å². The van der Waals surface area contributed by atoms with E-state index in [1.165, 1.54) is 25.1 Å². The third kappa shape index (κ3) is 3.32. The summed E-state index contributed by atoms with van der Waals surface area (Å²) >= 11 is 0. The zero-order chi connectivity index (χ0) is 15.3. The van der Waals surface area contributed by atoms with Crippen molar-refractivity contribution < 1.29 is 19.6 Å². The number of rotatable bonds is 5. The summed E-state index contributed by atoms with van der Waals surface area (Å²) in [6.07, 6.45) is 5.09. The fourth-order valence-electron chi connectivity index (χ4n) is 1.70. The molecule has 0 fully saturated rings. The second kappa shape index (κ2) is 6.33. The van der Waals surface area contributed by atoms with E-state index in [0.717, 1.165) is 4.90 Å². The molecular weight excluding hydrogens is 264 g/mol. The molecule has 0 unspecified atom stereocenters. The molecular formula is C13H12N2O5. The summed E-state index contributed by atoms with van der Waals surface area (Å²) in [6.45, 7) is 0.679. The number of nitrogens with zero attached hydrogens (tertiary/aromatic N) is 2. The smallest absolute Gasteiger partial charge is 0.323 e. The maximum absolute atomic E-state index is 12.2. The fraction of sp³-hybridized carbons (Fsp3) is 0.231. The van der Waals surface area contributed by atoms with E-state index in [0.29, 0.717) is 0 Å². The molecule has 1 aromatic carbocycles. The molecule has 0 aliphatic carbocycles. The first-order valence-electron chi connectivity index (χ1n) is 5.57. The Morgan fingerprint density at radius 2 is 2.15 bits per heavy atom. The molecule has 1 amide bonds. The van der Waals surface area contributed by atoms with E-state index >= 15 is 0 Å². The summed E-state index contributed by atoms with van der Waals surface area (Å²) in [5.74, 6) is 0.330. The lowest BCUT2D eigenvalue weighted by Gasteiger charge is -2.18. The van der Waals surface area contributed by atoms with Gasteiger partial charge in [-0.3, -0.25) is 19.7 Å². The molecule has 1 aromatic rings. The molecule has 0 saturated carbocycles. The molecule has 0 saturated heterocycles. The standard InChI is InChI=1S/C13H12N2O5/c1-3-7-14(8-12(16)17)13(18)10-5-4-6-11(9(10)2)15(19)20/h1,4-6H,7-8H2,2H3,(H,16,17). The summed E-state index contributed by atoms with van der Waals surface area (Å²) < 4.78 is 0. The highest BCUT2D eigenvalue weighted by Gasteiger charge is 2.23. The van der Waals surface area contributed by atoms with Crippen LogP contribution in [0, 0.1) is 29.4 Å². The van der Waals surface area contributed by atoms with Gasteiger partial charge >= 0.3 is 5.97 Å². The summed E-state index contributed by atoms with van der Waals surface area (Å²) in [5.41, 5.74) is 0.0393. The maximum Gasteiger partial charge on any atom is 0.323 e. The number of benzene rings is 1. The average Bonchev–Trinajstić information content (AvgIpc) is 2.37. The fourth-order valence-corrected chi connectivity index (χ4v) is 1.70. The van der Waals surface area contributed by atoms with Crippen LogP contribution in [0.4, 0.5) is 5.69 Å². The van der Waals surface area contributed by atoms with Crippen molar-refractivity contribution in [2.24, 2.45) is 0 Å². The van der Waals surface area contributed by atoms with Gasteiger partial charge in [0.05, 0.1) is 11.5 Å². The van der Waals surface area contributed by atoms with Gasteiger partial charge < -0.3 is 10.0 Å². The lowest BCUT2D eigenvalue weighted by atomic mass is 10.1. The summed E-state index contributed by atoms with van der Waals surface area (Å²) in [5, 5.41) is 19.6. The second-order valence-electron chi connectivity index (χ2n) is 3.97. The Kier molecular flexibility index (Phi) is 4.81. The molecule has 104 valence electrons. The first kappa shape index (κ1) is 15.2. The van der Waals surface area contributed by atoms with Crippen molar-refractivity contribution in [3.8, 4) is 12.3 Å². The first-order chi connectivity index (χ1) is 9.38. The predicted octanol–water partition coefficient (Wildman–Crippen LogP) is 1.06. The van der Waals surface area contributed by atoms with Crippen LogP contribution in [0.1, 0.15) is 15.9 Å². The van der Waals surface area contributed by atoms with Crippen molar-refractivity contribution in [3.63, 3.8) is 0 Å². The number of hydrogen-bond donors (Lipinski definition) is 1. The number of terminal acetylenes is 1. The van der Waals surface area contributed by atoms with Gasteiger partial charge in [0.15, 0.2) is 0 Å². The number of carboxylic acids is 1. The topological polar surface area (TPSA) is 101 Å². The Morgan fingerprint density at radius 1 is 1.50 bits per heavy atom. The normalized spacial score (nSPS) is 9.60. The Balaban J connectivity index is 3.19. The van der Waals surface area contributed by atoms with E-state index in [-0.39, 0.29) is 23.4 Å². The number of carbonyl (C=O) groups is 2. The maximum atomic E-state index is 12.2. The molecule has 7 nitrogen and oxygen atoms in total. The van der Waals surface area contributed by atoms with Crippen molar-refractivity contribution in [2.45, 2.75) is 6.92 Å². The lowest BCUT2D eigenvalue weighted by Crippen LogP contribution is -2.36. The van der Waals surface area contributed by atoms with E-state index in [1.807, 2.05) is 0 Å². The van der Waals surface area contributed by atoms with Crippen molar-refractivity contribution in [1.82, 2.24) is 4.90 Å². The summed E-state index contributed by atoms with van der Waals surface area (Å²) in [7, 11) is 0. The van der Waals surface area contributed by atoms with Gasteiger partial charge in [-0.15, -0.1) is 6.42 Å². The van der Waals surface area contributed by atoms with Gasteiger partial charge in [-0.1, -0.05) is 12.0 Å². The molecule has 1 N–H and O–H groups in total. The number of carbonyl (C=O) groups excluding carboxylic acids is 1. The Morgan fingerprint density at radius 3 is 2.65 bits per heavy atom. The third-order valence-electron chi connectivity index (χ3n) is 2.63. The largest absolute Gasteiger partial charge is 0.480 e. The van der Waals surface area contributed by atoms with E-state index in [1.54, 1.807) is 0 Å². The van der Waals surface area contributed by atoms with Crippen molar-refractivity contribution in [2.75, 3.05) is 13.1 Å². The van der Waals surface area contributed by atoms with Crippen LogP contribution in [-0.4, -0.2) is 39.9 Å². The van der Waals surface area contributed by atoms with Crippen LogP contribution < -0.4 is 0 Å². The van der Waals surface area contributed by atoms with Crippen molar-refractivity contribution in [3.05, 3.63) is 39.4 Å². The summed E-state index contributed by atoms with van der Waals surface area (Å²) in [4.78, 5) is 34.1. The Labute approximate surface area is 115 Å². The van der Waals surface area contributed by atoms with Gasteiger partial charge in [0, 0.05) is 17.2 Å². The van der Waals surface area contributed by atoms with E-state index in [9.17, 15) is 19.7 Å². The van der Waals surface area contributed by atoms with E-state index in [4.69, 9.17) is 11.5 Å². The minimum atomic E-state index is -1.21. The minimum Gasteiger partial charge on any atom is -0.480 e. The number of carboxylic acid groups (broad SMARTS) is 1. The molecule has 0 atom stereocenters. The van der Waals surface area contributed by atoms with Gasteiger partial charge in [0.2, 0.25) is 0 Å². The van der Waals surface area contributed by atoms with Crippen LogP contribution >= 0.6 is 0 Å². The zero-order valence-corrected chi connectivity index (χ0v) is 10.7. The molecule has 0 spiro atoms. The highest BCUT2D eigenvalue weighted by Crippen LogP contribution is 2.22. The first-order valence-corrected chi connectivity index (χ1v) is 5.57. The molecule has 0 heterocycles. The zero-order valence-electron chi connectivity index (χ0n) is 10.7. The minimum absolute atomic E-state index is 0.0655. The third-order valence-corrected chi connectivity index (χ3v) is 2.63. The molecule has 1 rings (SSSR count). The van der Waals surface area contributed by atoms with Gasteiger partial charge in [-0.2, -0.15) is 0 Å². The second-order valence-corrected chi connectivity index (χ2v) is 3.97. The Bertz CT molecular complexity index is 603. The quantitative estimate of drug-likeness (QED) is 0.492. The average molecular weight is 276 g/mol. The van der Waals surface area contributed by atoms with Gasteiger partial charge in [0.1, 0.15) is 6.54 Å². The number of nitro benzene ring substituents is 1. The Hall–Kier alpha value is -2.88. The highest BCUT2D eigenvalue weighted by molar-refractivity contribution is 5.98. The van der Waals surface area contributed by atoms with E-state index in [2.05, 4.69) is 5.92 Å². The van der Waals surface area contributed by atoms with Crippen LogP contribution in [0.3, 0.4) is 0 Å².